The molecule has 0 bridgehead atoms. The van der Waals surface area contributed by atoms with Crippen molar-refractivity contribution in [1.82, 2.24) is 4.90 Å². The molecule has 9 nitrogen and oxygen atoms in total. The van der Waals surface area contributed by atoms with E-state index in [1.807, 2.05) is 0 Å². The predicted molar refractivity (Wildman–Crippen MR) is 107 cm³/mol. The zero-order valence-corrected chi connectivity index (χ0v) is 16.4. The SMILES string of the molecule is COCCN1C(=O)C(=O)/C(=C(/O)c2ccc([N+](=O)[O-])cc2)C1c1ccccc1OC. The van der Waals surface area contributed by atoms with Crippen molar-refractivity contribution >= 4 is 23.1 Å². The number of carbonyl (C=O) groups is 2. The minimum Gasteiger partial charge on any atom is -0.507 e. The monoisotopic (exact) mass is 412 g/mol. The van der Waals surface area contributed by atoms with Gasteiger partial charge in [-0.05, 0) is 18.2 Å². The number of carbonyl (C=O) groups excluding carboxylic acids is 2. The van der Waals surface area contributed by atoms with Gasteiger partial charge in [0.2, 0.25) is 0 Å². The average Bonchev–Trinajstić information content (AvgIpc) is 3.01. The largest absolute Gasteiger partial charge is 0.507 e. The number of hydrogen-bond donors (Lipinski definition) is 1. The number of nitro benzene ring substituents is 1. The molecule has 0 radical (unpaired) electrons. The summed E-state index contributed by atoms with van der Waals surface area (Å²) in [4.78, 5) is 37.2. The van der Waals surface area contributed by atoms with Gasteiger partial charge in [0, 0.05) is 36.9 Å². The number of para-hydroxylation sites is 1. The van der Waals surface area contributed by atoms with Crippen LogP contribution in [0, 0.1) is 10.1 Å². The van der Waals surface area contributed by atoms with E-state index in [9.17, 15) is 24.8 Å². The summed E-state index contributed by atoms with van der Waals surface area (Å²) in [6, 6.07) is 11.1. The molecule has 1 aliphatic heterocycles. The molecule has 1 unspecified atom stereocenters. The fourth-order valence-electron chi connectivity index (χ4n) is 3.41. The summed E-state index contributed by atoms with van der Waals surface area (Å²) in [7, 11) is 2.95. The number of Topliss-reactive ketones (excluding diaryl/α,β-unsaturated/α-hetero) is 1. The Labute approximate surface area is 172 Å². The van der Waals surface area contributed by atoms with Crippen molar-refractivity contribution in [3.05, 3.63) is 75.3 Å². The first-order valence-electron chi connectivity index (χ1n) is 9.05. The van der Waals surface area contributed by atoms with E-state index in [2.05, 4.69) is 0 Å². The first-order valence-corrected chi connectivity index (χ1v) is 9.05. The van der Waals surface area contributed by atoms with Gasteiger partial charge in [0.05, 0.1) is 30.3 Å². The minimum atomic E-state index is -0.897. The molecule has 0 aliphatic carbocycles. The lowest BCUT2D eigenvalue weighted by Gasteiger charge is -2.26. The lowest BCUT2D eigenvalue weighted by molar-refractivity contribution is -0.384. The van der Waals surface area contributed by atoms with Crippen molar-refractivity contribution in [3.8, 4) is 5.75 Å². The molecule has 9 heteroatoms. The standard InChI is InChI=1S/C21H20N2O7/c1-29-12-11-22-18(15-5-3-4-6-16(15)30-2)17(20(25)21(22)26)19(24)13-7-9-14(10-8-13)23(27)28/h3-10,18,24H,11-12H2,1-2H3/b19-17+. The molecule has 1 heterocycles. The third kappa shape index (κ3) is 3.74. The molecule has 1 amide bonds. The summed E-state index contributed by atoms with van der Waals surface area (Å²) >= 11 is 0. The summed E-state index contributed by atoms with van der Waals surface area (Å²) in [6.07, 6.45) is 0. The maximum Gasteiger partial charge on any atom is 0.295 e. The summed E-state index contributed by atoms with van der Waals surface area (Å²) in [6.45, 7) is 0.317. The van der Waals surface area contributed by atoms with Crippen molar-refractivity contribution in [2.24, 2.45) is 0 Å². The van der Waals surface area contributed by atoms with Gasteiger partial charge in [0.1, 0.15) is 11.5 Å². The highest BCUT2D eigenvalue weighted by molar-refractivity contribution is 6.46. The molecule has 1 atom stereocenters. The lowest BCUT2D eigenvalue weighted by atomic mass is 9.94. The van der Waals surface area contributed by atoms with Crippen LogP contribution < -0.4 is 4.74 Å². The van der Waals surface area contributed by atoms with Crippen LogP contribution in [0.2, 0.25) is 0 Å². The number of hydrogen-bond acceptors (Lipinski definition) is 7. The highest BCUT2D eigenvalue weighted by Gasteiger charge is 2.46. The second kappa shape index (κ2) is 8.75. The van der Waals surface area contributed by atoms with Crippen LogP contribution in [0.1, 0.15) is 17.2 Å². The van der Waals surface area contributed by atoms with Crippen LogP contribution in [0.5, 0.6) is 5.75 Å². The molecule has 156 valence electrons. The number of benzene rings is 2. The van der Waals surface area contributed by atoms with Gasteiger partial charge in [-0.15, -0.1) is 0 Å². The van der Waals surface area contributed by atoms with Crippen LogP contribution in [-0.2, 0) is 14.3 Å². The van der Waals surface area contributed by atoms with E-state index in [-0.39, 0.29) is 30.0 Å². The molecule has 2 aromatic rings. The fourth-order valence-corrected chi connectivity index (χ4v) is 3.41. The Morgan fingerprint density at radius 3 is 2.40 bits per heavy atom. The van der Waals surface area contributed by atoms with Crippen LogP contribution in [0.15, 0.2) is 54.1 Å². The number of ketones is 1. The smallest absolute Gasteiger partial charge is 0.295 e. The normalized spacial score (nSPS) is 17.9. The van der Waals surface area contributed by atoms with Gasteiger partial charge >= 0.3 is 0 Å². The van der Waals surface area contributed by atoms with Gasteiger partial charge in [-0.3, -0.25) is 19.7 Å². The van der Waals surface area contributed by atoms with Gasteiger partial charge < -0.3 is 19.5 Å². The first kappa shape index (κ1) is 21.0. The number of amides is 1. The number of aliphatic hydroxyl groups is 1. The van der Waals surface area contributed by atoms with Crippen LogP contribution in [0.3, 0.4) is 0 Å². The Morgan fingerprint density at radius 2 is 1.80 bits per heavy atom. The molecule has 0 spiro atoms. The highest BCUT2D eigenvalue weighted by atomic mass is 16.6. The molecule has 1 N–H and O–H groups in total. The van der Waals surface area contributed by atoms with Gasteiger partial charge in [-0.1, -0.05) is 18.2 Å². The number of nitro groups is 1. The summed E-state index contributed by atoms with van der Waals surface area (Å²) in [5, 5.41) is 21.8. The molecule has 3 rings (SSSR count). The van der Waals surface area contributed by atoms with Gasteiger partial charge in [-0.2, -0.15) is 0 Å². The van der Waals surface area contributed by atoms with Crippen molar-refractivity contribution in [2.45, 2.75) is 6.04 Å². The van der Waals surface area contributed by atoms with Crippen LogP contribution >= 0.6 is 0 Å². The van der Waals surface area contributed by atoms with E-state index in [0.29, 0.717) is 11.3 Å². The van der Waals surface area contributed by atoms with Crippen molar-refractivity contribution in [2.75, 3.05) is 27.4 Å². The zero-order valence-electron chi connectivity index (χ0n) is 16.4. The number of nitrogens with zero attached hydrogens (tertiary/aromatic N) is 2. The van der Waals surface area contributed by atoms with Gasteiger partial charge in [0.15, 0.2) is 0 Å². The van der Waals surface area contributed by atoms with E-state index < -0.39 is 28.4 Å². The number of non-ortho nitro benzene ring substituents is 1. The van der Waals surface area contributed by atoms with Crippen molar-refractivity contribution < 1.29 is 29.1 Å². The quantitative estimate of drug-likeness (QED) is 0.244. The molecule has 0 saturated carbocycles. The lowest BCUT2D eigenvalue weighted by Crippen LogP contribution is -2.32. The first-order chi connectivity index (χ1) is 14.4. The Balaban J connectivity index is 2.18. The minimum absolute atomic E-state index is 0.116. The van der Waals surface area contributed by atoms with Crippen molar-refractivity contribution in [3.63, 3.8) is 0 Å². The van der Waals surface area contributed by atoms with E-state index in [0.717, 1.165) is 0 Å². The molecule has 1 fully saturated rings. The number of likely N-dealkylation sites (tertiary alicyclic amines) is 1. The number of rotatable bonds is 7. The molecule has 30 heavy (non-hydrogen) atoms. The van der Waals surface area contributed by atoms with E-state index in [4.69, 9.17) is 9.47 Å². The highest BCUT2D eigenvalue weighted by Crippen LogP contribution is 2.42. The van der Waals surface area contributed by atoms with Crippen molar-refractivity contribution in [1.29, 1.82) is 0 Å². The predicted octanol–water partition coefficient (Wildman–Crippen LogP) is 2.67. The molecule has 1 saturated heterocycles. The molecular formula is C21H20N2O7. The summed E-state index contributed by atoms with van der Waals surface area (Å²) in [5.41, 5.74) is 0.437. The maximum absolute atomic E-state index is 12.9. The number of ether oxygens (including phenoxy) is 2. The Bertz CT molecular complexity index is 1010. The average molecular weight is 412 g/mol. The Hall–Kier alpha value is -3.72. The van der Waals surface area contributed by atoms with E-state index >= 15 is 0 Å². The maximum atomic E-state index is 12.9. The number of methoxy groups -OCH3 is 2. The third-order valence-corrected chi connectivity index (χ3v) is 4.86. The topological polar surface area (TPSA) is 119 Å². The second-order valence-electron chi connectivity index (χ2n) is 6.53. The summed E-state index contributed by atoms with van der Waals surface area (Å²) in [5.74, 6) is -1.59. The number of aliphatic hydroxyl groups excluding tert-OH is 1. The van der Waals surface area contributed by atoms with Crippen LogP contribution in [0.4, 0.5) is 5.69 Å². The third-order valence-electron chi connectivity index (χ3n) is 4.86. The second-order valence-corrected chi connectivity index (χ2v) is 6.53. The fraction of sp³-hybridized carbons (Fsp3) is 0.238. The molecule has 1 aliphatic rings. The van der Waals surface area contributed by atoms with Crippen LogP contribution in [0.25, 0.3) is 5.76 Å². The zero-order chi connectivity index (χ0) is 21.8. The van der Waals surface area contributed by atoms with Gasteiger partial charge in [0.25, 0.3) is 17.4 Å². The molecule has 0 aromatic heterocycles. The van der Waals surface area contributed by atoms with Crippen LogP contribution in [-0.4, -0.2) is 54.0 Å². The molecular weight excluding hydrogens is 392 g/mol. The summed E-state index contributed by atoms with van der Waals surface area (Å²) < 4.78 is 10.5. The van der Waals surface area contributed by atoms with Gasteiger partial charge in [-0.25, -0.2) is 0 Å². The van der Waals surface area contributed by atoms with E-state index in [1.165, 1.54) is 43.4 Å². The molecule has 2 aromatic carbocycles. The Morgan fingerprint density at radius 1 is 1.13 bits per heavy atom. The Kier molecular flexibility index (Phi) is 6.12. The van der Waals surface area contributed by atoms with E-state index in [1.54, 1.807) is 24.3 Å².